The second-order valence-corrected chi connectivity index (χ2v) is 5.48. The molecule has 5 nitrogen and oxygen atoms in total. The number of anilines is 2. The standard InChI is InChI=1S/C20H19N3O2/c1-25-17-11-9-16(10-12-17)23-20(24)18-8-5-13-21-19(18)22-14-15-6-3-2-4-7-15/h2-13H,14H2,1H3,(H,21,22)(H,23,24)/p+1. The van der Waals surface area contributed by atoms with Crippen molar-refractivity contribution in [3.8, 4) is 5.75 Å². The number of H-pyrrole nitrogens is 1. The zero-order valence-corrected chi connectivity index (χ0v) is 14.0. The number of aromatic nitrogens is 1. The highest BCUT2D eigenvalue weighted by molar-refractivity contribution is 6.07. The number of hydrogen-bond acceptors (Lipinski definition) is 3. The minimum absolute atomic E-state index is 0.183. The van der Waals surface area contributed by atoms with Crippen molar-refractivity contribution in [3.63, 3.8) is 0 Å². The topological polar surface area (TPSA) is 64.5 Å². The lowest BCUT2D eigenvalue weighted by Crippen LogP contribution is -2.21. The van der Waals surface area contributed by atoms with E-state index < -0.39 is 0 Å². The summed E-state index contributed by atoms with van der Waals surface area (Å²) >= 11 is 0. The fraction of sp³-hybridized carbons (Fsp3) is 0.100. The summed E-state index contributed by atoms with van der Waals surface area (Å²) in [7, 11) is 1.61. The molecule has 0 bridgehead atoms. The average Bonchev–Trinajstić information content (AvgIpc) is 2.68. The molecule has 126 valence electrons. The van der Waals surface area contributed by atoms with Crippen LogP contribution >= 0.6 is 0 Å². The van der Waals surface area contributed by atoms with Crippen LogP contribution in [0.25, 0.3) is 0 Å². The number of amides is 1. The lowest BCUT2D eigenvalue weighted by Gasteiger charge is -2.08. The third-order valence-electron chi connectivity index (χ3n) is 3.76. The van der Waals surface area contributed by atoms with Gasteiger partial charge in [-0.3, -0.25) is 10.1 Å². The van der Waals surface area contributed by atoms with Gasteiger partial charge in [-0.1, -0.05) is 30.3 Å². The molecule has 25 heavy (non-hydrogen) atoms. The summed E-state index contributed by atoms with van der Waals surface area (Å²) in [5, 5.41) is 6.17. The molecule has 3 rings (SSSR count). The molecule has 0 unspecified atom stereocenters. The van der Waals surface area contributed by atoms with Crippen molar-refractivity contribution in [2.75, 3.05) is 17.7 Å². The SMILES string of the molecule is COc1ccc(NC(=O)c2ccc[nH+]c2NCc2ccccc2)cc1. The van der Waals surface area contributed by atoms with Crippen LogP contribution in [0.4, 0.5) is 11.5 Å². The second kappa shape index (κ2) is 7.97. The van der Waals surface area contributed by atoms with Crippen LogP contribution in [0.5, 0.6) is 5.75 Å². The summed E-state index contributed by atoms with van der Waals surface area (Å²) in [5.74, 6) is 1.24. The van der Waals surface area contributed by atoms with Crippen molar-refractivity contribution in [2.45, 2.75) is 6.54 Å². The molecule has 0 aliphatic heterocycles. The predicted octanol–water partition coefficient (Wildman–Crippen LogP) is 3.37. The van der Waals surface area contributed by atoms with Gasteiger partial charge >= 0.3 is 0 Å². The molecule has 1 amide bonds. The number of rotatable bonds is 6. The Hall–Kier alpha value is -3.34. The molecule has 0 atom stereocenters. The normalized spacial score (nSPS) is 10.1. The Bertz CT molecular complexity index is 833. The van der Waals surface area contributed by atoms with Crippen LogP contribution in [0, 0.1) is 0 Å². The van der Waals surface area contributed by atoms with Crippen LogP contribution in [0.15, 0.2) is 72.9 Å². The number of methoxy groups -OCH3 is 1. The molecule has 5 heteroatoms. The van der Waals surface area contributed by atoms with Crippen LogP contribution in [0.3, 0.4) is 0 Å². The first kappa shape index (κ1) is 16.5. The Morgan fingerprint density at radius 2 is 1.76 bits per heavy atom. The summed E-state index contributed by atoms with van der Waals surface area (Å²) in [6.45, 7) is 0.629. The van der Waals surface area contributed by atoms with Crippen molar-refractivity contribution in [2.24, 2.45) is 0 Å². The molecule has 0 saturated carbocycles. The lowest BCUT2D eigenvalue weighted by atomic mass is 10.2. The minimum atomic E-state index is -0.183. The van der Waals surface area contributed by atoms with Crippen LogP contribution < -0.4 is 20.4 Å². The number of ether oxygens (including phenoxy) is 1. The monoisotopic (exact) mass is 334 g/mol. The molecular weight excluding hydrogens is 314 g/mol. The molecule has 0 fully saturated rings. The van der Waals surface area contributed by atoms with Gasteiger partial charge in [0.1, 0.15) is 17.9 Å². The van der Waals surface area contributed by atoms with E-state index in [1.165, 1.54) is 0 Å². The first-order valence-corrected chi connectivity index (χ1v) is 8.00. The number of hydrogen-bond donors (Lipinski definition) is 2. The molecule has 0 aliphatic carbocycles. The number of benzene rings is 2. The van der Waals surface area contributed by atoms with Crippen molar-refractivity contribution in [1.29, 1.82) is 0 Å². The Kier molecular flexibility index (Phi) is 5.26. The maximum Gasteiger partial charge on any atom is 0.285 e. The van der Waals surface area contributed by atoms with Crippen LogP contribution in [-0.4, -0.2) is 13.0 Å². The molecule has 0 aliphatic rings. The third-order valence-corrected chi connectivity index (χ3v) is 3.76. The Morgan fingerprint density at radius 3 is 2.48 bits per heavy atom. The Labute approximate surface area is 146 Å². The molecule has 1 aromatic heterocycles. The van der Waals surface area contributed by atoms with Crippen molar-refractivity contribution in [3.05, 3.63) is 84.1 Å². The van der Waals surface area contributed by atoms with E-state index in [0.29, 0.717) is 23.6 Å². The van der Waals surface area contributed by atoms with E-state index in [-0.39, 0.29) is 5.91 Å². The molecule has 0 saturated heterocycles. The Balaban J connectivity index is 1.71. The van der Waals surface area contributed by atoms with E-state index >= 15 is 0 Å². The number of carbonyl (C=O) groups is 1. The lowest BCUT2D eigenvalue weighted by molar-refractivity contribution is -0.361. The number of nitrogens with one attached hydrogen (secondary N) is 3. The van der Waals surface area contributed by atoms with E-state index in [1.807, 2.05) is 30.3 Å². The number of pyridine rings is 1. The molecule has 2 aromatic carbocycles. The fourth-order valence-electron chi connectivity index (χ4n) is 2.43. The van der Waals surface area contributed by atoms with Gasteiger partial charge in [-0.05, 0) is 42.0 Å². The van der Waals surface area contributed by atoms with Crippen LogP contribution in [0.1, 0.15) is 15.9 Å². The minimum Gasteiger partial charge on any atom is -0.497 e. The Morgan fingerprint density at radius 1 is 1.00 bits per heavy atom. The van der Waals surface area contributed by atoms with Gasteiger partial charge in [0, 0.05) is 5.69 Å². The highest BCUT2D eigenvalue weighted by atomic mass is 16.5. The quantitative estimate of drug-likeness (QED) is 0.726. The van der Waals surface area contributed by atoms with Gasteiger partial charge in [0.15, 0.2) is 0 Å². The fourth-order valence-corrected chi connectivity index (χ4v) is 2.43. The van der Waals surface area contributed by atoms with Gasteiger partial charge in [-0.2, -0.15) is 0 Å². The van der Waals surface area contributed by atoms with Crippen molar-refractivity contribution >= 4 is 17.4 Å². The smallest absolute Gasteiger partial charge is 0.285 e. The van der Waals surface area contributed by atoms with E-state index in [1.54, 1.807) is 49.7 Å². The van der Waals surface area contributed by atoms with Gasteiger partial charge in [-0.15, -0.1) is 0 Å². The molecule has 3 aromatic rings. The van der Waals surface area contributed by atoms with Gasteiger partial charge in [0.2, 0.25) is 0 Å². The summed E-state index contributed by atoms with van der Waals surface area (Å²) in [6.07, 6.45) is 1.79. The van der Waals surface area contributed by atoms with Crippen molar-refractivity contribution in [1.82, 2.24) is 0 Å². The van der Waals surface area contributed by atoms with E-state index in [4.69, 9.17) is 4.74 Å². The van der Waals surface area contributed by atoms with Crippen LogP contribution in [0.2, 0.25) is 0 Å². The highest BCUT2D eigenvalue weighted by Gasteiger charge is 2.17. The summed E-state index contributed by atoms with van der Waals surface area (Å²) in [5.41, 5.74) is 2.40. The van der Waals surface area contributed by atoms with Gasteiger partial charge < -0.3 is 10.1 Å². The maximum atomic E-state index is 12.6. The largest absolute Gasteiger partial charge is 0.497 e. The number of carbonyl (C=O) groups excluding carboxylic acids is 1. The molecular formula is C20H20N3O2+. The van der Waals surface area contributed by atoms with Gasteiger partial charge in [0.05, 0.1) is 13.3 Å². The van der Waals surface area contributed by atoms with Crippen molar-refractivity contribution < 1.29 is 14.5 Å². The molecule has 0 spiro atoms. The second-order valence-electron chi connectivity index (χ2n) is 5.48. The summed E-state index contributed by atoms with van der Waals surface area (Å²) < 4.78 is 5.12. The van der Waals surface area contributed by atoms with E-state index in [0.717, 1.165) is 11.3 Å². The first-order chi connectivity index (χ1) is 12.3. The number of aromatic amines is 1. The summed E-state index contributed by atoms with van der Waals surface area (Å²) in [6, 6.07) is 20.8. The highest BCUT2D eigenvalue weighted by Crippen LogP contribution is 2.17. The predicted molar refractivity (Wildman–Crippen MR) is 97.7 cm³/mol. The molecule has 1 heterocycles. The average molecular weight is 334 g/mol. The first-order valence-electron chi connectivity index (χ1n) is 8.00. The maximum absolute atomic E-state index is 12.6. The zero-order valence-electron chi connectivity index (χ0n) is 14.0. The zero-order chi connectivity index (χ0) is 17.5. The van der Waals surface area contributed by atoms with Gasteiger partial charge in [-0.25, -0.2) is 4.98 Å². The van der Waals surface area contributed by atoms with Gasteiger partial charge in [0.25, 0.3) is 11.7 Å². The molecule has 3 N–H and O–H groups in total. The third kappa shape index (κ3) is 4.35. The molecule has 0 radical (unpaired) electrons. The van der Waals surface area contributed by atoms with Crippen LogP contribution in [-0.2, 0) is 6.54 Å². The summed E-state index contributed by atoms with van der Waals surface area (Å²) in [4.78, 5) is 15.7. The van der Waals surface area contributed by atoms with E-state index in [9.17, 15) is 4.79 Å². The van der Waals surface area contributed by atoms with E-state index in [2.05, 4.69) is 15.6 Å².